The van der Waals surface area contributed by atoms with Crippen molar-refractivity contribution in [1.29, 1.82) is 0 Å². The Labute approximate surface area is 92.4 Å². The largest absolute Gasteiger partial charge is 0.872 e. The average molecular weight is 208 g/mol. The van der Waals surface area contributed by atoms with Crippen LogP contribution in [0.2, 0.25) is 0 Å². The minimum Gasteiger partial charge on any atom is -0.872 e. The summed E-state index contributed by atoms with van der Waals surface area (Å²) in [6.45, 7) is 0. The van der Waals surface area contributed by atoms with E-state index in [1.165, 1.54) is 12.1 Å². The molecule has 0 heterocycles. The third-order valence-corrected chi connectivity index (χ3v) is 2.80. The molecule has 0 saturated carbocycles. The van der Waals surface area contributed by atoms with Gasteiger partial charge in [0.25, 0.3) is 0 Å². The van der Waals surface area contributed by atoms with Crippen molar-refractivity contribution in [2.75, 3.05) is 0 Å². The molecule has 3 aromatic carbocycles. The van der Waals surface area contributed by atoms with Gasteiger partial charge in [-0.1, -0.05) is 36.4 Å². The maximum absolute atomic E-state index is 11.6. The molecule has 0 aromatic heterocycles. The molecule has 0 atom stereocenters. The van der Waals surface area contributed by atoms with Gasteiger partial charge in [-0.05, 0) is 33.7 Å². The Kier molecular flexibility index (Phi) is 1.77. The SMILES string of the molecule is [O-]c1ccc([O-])c2cc3ccccc3cc12. The molecule has 0 radical (unpaired) electrons. The van der Waals surface area contributed by atoms with Crippen LogP contribution < -0.4 is 10.2 Å². The van der Waals surface area contributed by atoms with E-state index in [-0.39, 0.29) is 11.5 Å². The van der Waals surface area contributed by atoms with Gasteiger partial charge >= 0.3 is 0 Å². The van der Waals surface area contributed by atoms with E-state index in [1.807, 2.05) is 24.3 Å². The summed E-state index contributed by atoms with van der Waals surface area (Å²) in [6, 6.07) is 13.9. The predicted molar refractivity (Wildman–Crippen MR) is 60.3 cm³/mol. The highest BCUT2D eigenvalue weighted by atomic mass is 16.3. The molecule has 16 heavy (non-hydrogen) atoms. The second-order valence-electron chi connectivity index (χ2n) is 3.81. The van der Waals surface area contributed by atoms with E-state index in [4.69, 9.17) is 0 Å². The summed E-state index contributed by atoms with van der Waals surface area (Å²) in [7, 11) is 0. The summed E-state index contributed by atoms with van der Waals surface area (Å²) in [6.07, 6.45) is 0. The molecule has 3 rings (SSSR count). The van der Waals surface area contributed by atoms with Crippen LogP contribution >= 0.6 is 0 Å². The Balaban J connectivity index is 2.56. The fourth-order valence-electron chi connectivity index (χ4n) is 1.98. The van der Waals surface area contributed by atoms with Gasteiger partial charge < -0.3 is 10.2 Å². The molecule has 0 aliphatic carbocycles. The fourth-order valence-corrected chi connectivity index (χ4v) is 1.98. The molecule has 3 aromatic rings. The lowest BCUT2D eigenvalue weighted by Gasteiger charge is -2.17. The zero-order valence-electron chi connectivity index (χ0n) is 8.44. The van der Waals surface area contributed by atoms with Gasteiger partial charge in [-0.25, -0.2) is 0 Å². The van der Waals surface area contributed by atoms with Crippen molar-refractivity contribution in [3.8, 4) is 11.5 Å². The Morgan fingerprint density at radius 2 is 1.06 bits per heavy atom. The Morgan fingerprint density at radius 3 is 1.50 bits per heavy atom. The van der Waals surface area contributed by atoms with E-state index in [9.17, 15) is 10.2 Å². The van der Waals surface area contributed by atoms with Crippen LogP contribution in [0.1, 0.15) is 0 Å². The molecule has 2 heteroatoms. The lowest BCUT2D eigenvalue weighted by atomic mass is 10.0. The second kappa shape index (κ2) is 3.14. The van der Waals surface area contributed by atoms with E-state index < -0.39 is 0 Å². The minimum absolute atomic E-state index is 0.0969. The fraction of sp³-hybridized carbons (Fsp3) is 0. The Bertz CT molecular complexity index is 627. The first-order valence-electron chi connectivity index (χ1n) is 5.05. The van der Waals surface area contributed by atoms with Crippen molar-refractivity contribution in [2.45, 2.75) is 0 Å². The maximum Gasteiger partial charge on any atom is -0.0178 e. The lowest BCUT2D eigenvalue weighted by Crippen LogP contribution is -1.95. The second-order valence-corrected chi connectivity index (χ2v) is 3.81. The molecule has 0 N–H and O–H groups in total. The number of hydrogen-bond donors (Lipinski definition) is 0. The van der Waals surface area contributed by atoms with E-state index in [1.54, 1.807) is 12.1 Å². The molecule has 0 fully saturated rings. The van der Waals surface area contributed by atoms with Crippen molar-refractivity contribution in [2.24, 2.45) is 0 Å². The summed E-state index contributed by atoms with van der Waals surface area (Å²) in [4.78, 5) is 0. The number of hydrogen-bond acceptors (Lipinski definition) is 2. The minimum atomic E-state index is -0.0969. The highest BCUT2D eigenvalue weighted by molar-refractivity contribution is 6.02. The van der Waals surface area contributed by atoms with Gasteiger partial charge in [0, 0.05) is 0 Å². The molecule has 0 aliphatic rings. The molecule has 0 spiro atoms. The number of fused-ring (bicyclic) bond motifs is 2. The van der Waals surface area contributed by atoms with Crippen LogP contribution in [-0.4, -0.2) is 0 Å². The topological polar surface area (TPSA) is 46.1 Å². The zero-order chi connectivity index (χ0) is 11.1. The normalized spacial score (nSPS) is 11.0. The molecule has 2 nitrogen and oxygen atoms in total. The molecule has 0 unspecified atom stereocenters. The molecule has 0 aliphatic heterocycles. The number of rotatable bonds is 0. The quantitative estimate of drug-likeness (QED) is 0.531. The van der Waals surface area contributed by atoms with Crippen LogP contribution in [0.4, 0.5) is 0 Å². The van der Waals surface area contributed by atoms with Crippen LogP contribution in [0.15, 0.2) is 48.5 Å². The van der Waals surface area contributed by atoms with Crippen molar-refractivity contribution in [3.05, 3.63) is 48.5 Å². The highest BCUT2D eigenvalue weighted by Gasteiger charge is 1.98. The van der Waals surface area contributed by atoms with Gasteiger partial charge in [0.2, 0.25) is 0 Å². The van der Waals surface area contributed by atoms with Crippen LogP contribution in [0, 0.1) is 0 Å². The lowest BCUT2D eigenvalue weighted by molar-refractivity contribution is -0.271. The van der Waals surface area contributed by atoms with Crippen molar-refractivity contribution in [3.63, 3.8) is 0 Å². The summed E-state index contributed by atoms with van der Waals surface area (Å²) in [5.41, 5.74) is 0. The van der Waals surface area contributed by atoms with Gasteiger partial charge in [-0.3, -0.25) is 0 Å². The van der Waals surface area contributed by atoms with E-state index >= 15 is 0 Å². The monoisotopic (exact) mass is 208 g/mol. The summed E-state index contributed by atoms with van der Waals surface area (Å²) in [5, 5.41) is 26.3. The van der Waals surface area contributed by atoms with Crippen molar-refractivity contribution >= 4 is 21.5 Å². The molecule has 0 amide bonds. The van der Waals surface area contributed by atoms with E-state index in [2.05, 4.69) is 0 Å². The summed E-state index contributed by atoms with van der Waals surface area (Å²) < 4.78 is 0. The average Bonchev–Trinajstić information content (AvgIpc) is 2.32. The van der Waals surface area contributed by atoms with Crippen LogP contribution in [-0.2, 0) is 0 Å². The maximum atomic E-state index is 11.6. The predicted octanol–water partition coefficient (Wildman–Crippen LogP) is 2.14. The smallest absolute Gasteiger partial charge is 0.0178 e. The van der Waals surface area contributed by atoms with Crippen LogP contribution in [0.25, 0.3) is 21.5 Å². The van der Waals surface area contributed by atoms with Gasteiger partial charge in [-0.15, -0.1) is 11.5 Å². The molecule has 78 valence electrons. The summed E-state index contributed by atoms with van der Waals surface area (Å²) in [5.74, 6) is -0.194. The van der Waals surface area contributed by atoms with Crippen molar-refractivity contribution in [1.82, 2.24) is 0 Å². The van der Waals surface area contributed by atoms with Gasteiger partial charge in [-0.2, -0.15) is 0 Å². The molecule has 0 saturated heterocycles. The van der Waals surface area contributed by atoms with Crippen LogP contribution in [0.5, 0.6) is 11.5 Å². The first-order valence-corrected chi connectivity index (χ1v) is 5.05. The molecule has 0 bridgehead atoms. The number of benzene rings is 3. The molecular weight excluding hydrogens is 200 g/mol. The van der Waals surface area contributed by atoms with E-state index in [0.29, 0.717) is 10.8 Å². The highest BCUT2D eigenvalue weighted by Crippen LogP contribution is 2.32. The van der Waals surface area contributed by atoms with E-state index in [0.717, 1.165) is 10.8 Å². The van der Waals surface area contributed by atoms with Crippen molar-refractivity contribution < 1.29 is 10.2 Å². The first kappa shape index (κ1) is 9.04. The van der Waals surface area contributed by atoms with Gasteiger partial charge in [0.05, 0.1) is 0 Å². The van der Waals surface area contributed by atoms with Crippen LogP contribution in [0.3, 0.4) is 0 Å². The molecular formula is C14H8O2-2. The zero-order valence-corrected chi connectivity index (χ0v) is 8.44. The Hall–Kier alpha value is -2.22. The first-order chi connectivity index (χ1) is 7.75. The Morgan fingerprint density at radius 1 is 0.625 bits per heavy atom. The standard InChI is InChI=1S/C14H10O2/c15-13-5-6-14(16)12-8-10-4-2-1-3-9(10)7-11(12)13/h1-8,15-16H/p-2. The van der Waals surface area contributed by atoms with Gasteiger partial charge in [0.15, 0.2) is 0 Å². The third kappa shape index (κ3) is 1.20. The van der Waals surface area contributed by atoms with Gasteiger partial charge in [0.1, 0.15) is 0 Å². The summed E-state index contributed by atoms with van der Waals surface area (Å²) >= 11 is 0. The third-order valence-electron chi connectivity index (χ3n) is 2.80.